The highest BCUT2D eigenvalue weighted by atomic mass is 16.6. The first-order chi connectivity index (χ1) is 9.99. The van der Waals surface area contributed by atoms with E-state index in [-0.39, 0.29) is 18.0 Å². The molecule has 0 spiro atoms. The molecule has 8 heteroatoms. The molecule has 0 amide bonds. The van der Waals surface area contributed by atoms with Gasteiger partial charge in [0.15, 0.2) is 0 Å². The summed E-state index contributed by atoms with van der Waals surface area (Å²) in [5.74, 6) is -0.572. The van der Waals surface area contributed by atoms with Gasteiger partial charge in [0.1, 0.15) is 11.5 Å². The molecule has 110 valence electrons. The number of furan rings is 1. The molecule has 0 aliphatic carbocycles. The maximum Gasteiger partial charge on any atom is 0.371 e. The smallest absolute Gasteiger partial charge is 0.371 e. The molecule has 0 unspecified atom stereocenters. The first kappa shape index (κ1) is 14.4. The average molecular weight is 292 g/mol. The highest BCUT2D eigenvalue weighted by molar-refractivity contribution is 5.84. The number of anilines is 1. The lowest BCUT2D eigenvalue weighted by Gasteiger charge is -2.07. The topological polar surface area (TPSA) is 115 Å². The van der Waals surface area contributed by atoms with Crippen LogP contribution in [0.2, 0.25) is 0 Å². The molecule has 0 saturated heterocycles. The van der Waals surface area contributed by atoms with Gasteiger partial charge in [0.05, 0.1) is 24.6 Å². The molecule has 8 nitrogen and oxygen atoms in total. The van der Waals surface area contributed by atoms with Crippen LogP contribution in [0.4, 0.5) is 11.4 Å². The Morgan fingerprint density at radius 1 is 1.43 bits per heavy atom. The number of nitro groups is 1. The highest BCUT2D eigenvalue weighted by Gasteiger charge is 2.12. The Bertz CT molecular complexity index is 679. The molecule has 1 aromatic carbocycles. The van der Waals surface area contributed by atoms with Crippen LogP contribution in [0.25, 0.3) is 0 Å². The van der Waals surface area contributed by atoms with Gasteiger partial charge in [0, 0.05) is 17.8 Å². The van der Waals surface area contributed by atoms with Gasteiger partial charge in [-0.3, -0.25) is 10.1 Å². The molecule has 0 aliphatic rings. The van der Waals surface area contributed by atoms with Crippen molar-refractivity contribution in [3.8, 4) is 5.75 Å². The number of nitrogens with zero attached hydrogens (tertiary/aromatic N) is 1. The number of non-ortho nitro benzene ring substituents is 1. The van der Waals surface area contributed by atoms with Gasteiger partial charge in [-0.2, -0.15) is 0 Å². The number of nitrogens with one attached hydrogen (secondary N) is 1. The summed E-state index contributed by atoms with van der Waals surface area (Å²) in [7, 11) is 1.41. The van der Waals surface area contributed by atoms with Gasteiger partial charge in [-0.05, 0) is 12.1 Å². The maximum absolute atomic E-state index is 10.8. The molecule has 0 fully saturated rings. The monoisotopic (exact) mass is 292 g/mol. The number of hydrogen-bond acceptors (Lipinski definition) is 6. The predicted molar refractivity (Wildman–Crippen MR) is 72.6 cm³/mol. The van der Waals surface area contributed by atoms with Crippen molar-refractivity contribution in [1.29, 1.82) is 0 Å². The average Bonchev–Trinajstić information content (AvgIpc) is 2.93. The molecule has 1 aromatic heterocycles. The largest absolute Gasteiger partial charge is 0.496 e. The third-order valence-corrected chi connectivity index (χ3v) is 2.68. The van der Waals surface area contributed by atoms with Gasteiger partial charge in [-0.1, -0.05) is 0 Å². The number of rotatable bonds is 6. The molecule has 2 rings (SSSR count). The van der Waals surface area contributed by atoms with E-state index in [1.54, 1.807) is 6.07 Å². The van der Waals surface area contributed by atoms with Crippen LogP contribution in [-0.4, -0.2) is 23.1 Å². The van der Waals surface area contributed by atoms with E-state index in [2.05, 4.69) is 5.32 Å². The van der Waals surface area contributed by atoms with Crippen molar-refractivity contribution in [2.45, 2.75) is 6.54 Å². The van der Waals surface area contributed by atoms with E-state index in [0.29, 0.717) is 17.2 Å². The van der Waals surface area contributed by atoms with Gasteiger partial charge < -0.3 is 19.6 Å². The maximum atomic E-state index is 10.8. The molecule has 0 atom stereocenters. The molecular formula is C13H12N2O6. The van der Waals surface area contributed by atoms with Crippen molar-refractivity contribution in [2.24, 2.45) is 0 Å². The van der Waals surface area contributed by atoms with Gasteiger partial charge in [-0.25, -0.2) is 4.79 Å². The molecule has 2 aromatic rings. The second-order valence-electron chi connectivity index (χ2n) is 4.10. The molecule has 21 heavy (non-hydrogen) atoms. The predicted octanol–water partition coefficient (Wildman–Crippen LogP) is 2.51. The highest BCUT2D eigenvalue weighted by Crippen LogP contribution is 2.26. The minimum atomic E-state index is -1.15. The van der Waals surface area contributed by atoms with Gasteiger partial charge in [0.2, 0.25) is 5.76 Å². The summed E-state index contributed by atoms with van der Waals surface area (Å²) >= 11 is 0. The van der Waals surface area contributed by atoms with Crippen LogP contribution in [0.15, 0.2) is 34.7 Å². The molecule has 1 heterocycles. The molecule has 0 radical (unpaired) electrons. The summed E-state index contributed by atoms with van der Waals surface area (Å²) in [6.07, 6.45) is 0. The molecule has 0 bridgehead atoms. The van der Waals surface area contributed by atoms with Gasteiger partial charge >= 0.3 is 5.97 Å². The fraction of sp³-hybridized carbons (Fsp3) is 0.154. The number of ether oxygens (including phenoxy) is 1. The van der Waals surface area contributed by atoms with E-state index in [1.807, 2.05) is 0 Å². The summed E-state index contributed by atoms with van der Waals surface area (Å²) in [5, 5.41) is 22.5. The summed E-state index contributed by atoms with van der Waals surface area (Å²) in [6, 6.07) is 7.11. The summed E-state index contributed by atoms with van der Waals surface area (Å²) in [4.78, 5) is 21.0. The Morgan fingerprint density at radius 2 is 2.19 bits per heavy atom. The zero-order chi connectivity index (χ0) is 15.4. The van der Waals surface area contributed by atoms with Crippen LogP contribution >= 0.6 is 0 Å². The fourth-order valence-corrected chi connectivity index (χ4v) is 1.69. The van der Waals surface area contributed by atoms with Crippen LogP contribution < -0.4 is 10.1 Å². The number of carbonyl (C=O) groups is 1. The van der Waals surface area contributed by atoms with E-state index in [1.165, 1.54) is 31.4 Å². The number of carboxylic acids is 1. The van der Waals surface area contributed by atoms with E-state index in [4.69, 9.17) is 14.3 Å². The Hall–Kier alpha value is -3.03. The Morgan fingerprint density at radius 3 is 2.76 bits per heavy atom. The lowest BCUT2D eigenvalue weighted by molar-refractivity contribution is -0.384. The molecular weight excluding hydrogens is 280 g/mol. The quantitative estimate of drug-likeness (QED) is 0.620. The van der Waals surface area contributed by atoms with E-state index < -0.39 is 10.9 Å². The lowest BCUT2D eigenvalue weighted by atomic mass is 10.2. The Balaban J connectivity index is 2.13. The summed E-state index contributed by atoms with van der Waals surface area (Å²) in [5.41, 5.74) is 0.358. The number of benzene rings is 1. The molecule has 2 N–H and O–H groups in total. The lowest BCUT2D eigenvalue weighted by Crippen LogP contribution is -2.00. The zero-order valence-electron chi connectivity index (χ0n) is 11.0. The normalized spacial score (nSPS) is 10.1. The van der Waals surface area contributed by atoms with Crippen molar-refractivity contribution in [2.75, 3.05) is 12.4 Å². The first-order valence-electron chi connectivity index (χ1n) is 5.89. The third-order valence-electron chi connectivity index (χ3n) is 2.68. The standard InChI is InChI=1S/C13H12N2O6/c1-20-11-5-8(4-9(6-11)15(18)19)14-7-10-2-3-12(21-10)13(16)17/h2-6,14H,7H2,1H3,(H,16,17). The van der Waals surface area contributed by atoms with Crippen molar-refractivity contribution >= 4 is 17.3 Å². The van der Waals surface area contributed by atoms with Gasteiger partial charge in [0.25, 0.3) is 5.69 Å². The summed E-state index contributed by atoms with van der Waals surface area (Å²) < 4.78 is 10.1. The van der Waals surface area contributed by atoms with Gasteiger partial charge in [-0.15, -0.1) is 0 Å². The van der Waals surface area contributed by atoms with Crippen LogP contribution in [0.1, 0.15) is 16.3 Å². The SMILES string of the molecule is COc1cc(NCc2ccc(C(=O)O)o2)cc([N+](=O)[O-])c1. The van der Waals surface area contributed by atoms with Crippen molar-refractivity contribution < 1.29 is 24.0 Å². The fourth-order valence-electron chi connectivity index (χ4n) is 1.69. The minimum Gasteiger partial charge on any atom is -0.496 e. The number of carboxylic acid groups (broad SMARTS) is 1. The Kier molecular flexibility index (Phi) is 4.07. The number of methoxy groups -OCH3 is 1. The summed E-state index contributed by atoms with van der Waals surface area (Å²) in [6.45, 7) is 0.192. The van der Waals surface area contributed by atoms with E-state index in [0.717, 1.165) is 0 Å². The van der Waals surface area contributed by atoms with E-state index >= 15 is 0 Å². The first-order valence-corrected chi connectivity index (χ1v) is 5.89. The van der Waals surface area contributed by atoms with Crippen molar-refractivity contribution in [3.05, 3.63) is 52.0 Å². The molecule has 0 aliphatic heterocycles. The van der Waals surface area contributed by atoms with Crippen LogP contribution in [0.5, 0.6) is 5.75 Å². The number of hydrogen-bond donors (Lipinski definition) is 2. The zero-order valence-corrected chi connectivity index (χ0v) is 11.0. The second kappa shape index (κ2) is 5.95. The van der Waals surface area contributed by atoms with Crippen LogP contribution in [0, 0.1) is 10.1 Å². The number of nitro benzene ring substituents is 1. The Labute approximate surface area is 119 Å². The van der Waals surface area contributed by atoms with E-state index in [9.17, 15) is 14.9 Å². The van der Waals surface area contributed by atoms with Crippen molar-refractivity contribution in [3.63, 3.8) is 0 Å². The third kappa shape index (κ3) is 3.50. The number of aromatic carboxylic acids is 1. The molecule has 0 saturated carbocycles. The van der Waals surface area contributed by atoms with Crippen LogP contribution in [-0.2, 0) is 6.54 Å². The van der Waals surface area contributed by atoms with Crippen LogP contribution in [0.3, 0.4) is 0 Å². The van der Waals surface area contributed by atoms with Crippen molar-refractivity contribution in [1.82, 2.24) is 0 Å². The second-order valence-corrected chi connectivity index (χ2v) is 4.10. The minimum absolute atomic E-state index is 0.109.